The summed E-state index contributed by atoms with van der Waals surface area (Å²) in [4.78, 5) is 4.50. The molecule has 4 heteroatoms. The van der Waals surface area contributed by atoms with Gasteiger partial charge in [0.2, 0.25) is 0 Å². The van der Waals surface area contributed by atoms with Crippen molar-refractivity contribution >= 4 is 0 Å². The zero-order valence-electron chi connectivity index (χ0n) is 14.7. The average molecular weight is 294 g/mol. The van der Waals surface area contributed by atoms with Gasteiger partial charge in [-0.25, -0.2) is 4.98 Å². The standard InChI is InChI=1S/C17H34N4/c1-6-9-10-17(7-2,13-18-12-15(4)5)11-16-19-14-20-21(16)8-3/h14-15,18H,6-13H2,1-5H3. The topological polar surface area (TPSA) is 42.7 Å². The van der Waals surface area contributed by atoms with E-state index in [9.17, 15) is 0 Å². The first kappa shape index (κ1) is 18.1. The summed E-state index contributed by atoms with van der Waals surface area (Å²) < 4.78 is 2.04. The van der Waals surface area contributed by atoms with Gasteiger partial charge < -0.3 is 5.32 Å². The van der Waals surface area contributed by atoms with Crippen LogP contribution in [0.3, 0.4) is 0 Å². The van der Waals surface area contributed by atoms with E-state index in [0.717, 1.165) is 31.9 Å². The van der Waals surface area contributed by atoms with E-state index < -0.39 is 0 Å². The number of hydrogen-bond acceptors (Lipinski definition) is 3. The summed E-state index contributed by atoms with van der Waals surface area (Å²) in [5.74, 6) is 1.84. The van der Waals surface area contributed by atoms with Crippen molar-refractivity contribution in [2.75, 3.05) is 13.1 Å². The lowest BCUT2D eigenvalue weighted by Gasteiger charge is -2.33. The third-order valence-corrected chi connectivity index (χ3v) is 4.39. The van der Waals surface area contributed by atoms with Crippen molar-refractivity contribution in [3.05, 3.63) is 12.2 Å². The van der Waals surface area contributed by atoms with Gasteiger partial charge in [-0.15, -0.1) is 0 Å². The highest BCUT2D eigenvalue weighted by molar-refractivity contribution is 4.95. The summed E-state index contributed by atoms with van der Waals surface area (Å²) in [5.41, 5.74) is 0.310. The molecule has 0 aliphatic heterocycles. The first-order valence-electron chi connectivity index (χ1n) is 8.64. The monoisotopic (exact) mass is 294 g/mol. The van der Waals surface area contributed by atoms with E-state index in [1.54, 1.807) is 6.33 Å². The Balaban J connectivity index is 2.78. The molecular weight excluding hydrogens is 260 g/mol. The maximum atomic E-state index is 4.50. The maximum absolute atomic E-state index is 4.50. The predicted octanol–water partition coefficient (Wildman–Crippen LogP) is 3.67. The van der Waals surface area contributed by atoms with Gasteiger partial charge >= 0.3 is 0 Å². The molecule has 1 heterocycles. The van der Waals surface area contributed by atoms with E-state index in [-0.39, 0.29) is 0 Å². The summed E-state index contributed by atoms with van der Waals surface area (Å²) in [6.45, 7) is 14.3. The molecule has 1 N–H and O–H groups in total. The molecule has 4 nitrogen and oxygen atoms in total. The Morgan fingerprint density at radius 1 is 1.29 bits per heavy atom. The van der Waals surface area contributed by atoms with Crippen LogP contribution in [0.4, 0.5) is 0 Å². The van der Waals surface area contributed by atoms with Crippen LogP contribution in [0.2, 0.25) is 0 Å². The number of nitrogens with zero attached hydrogens (tertiary/aromatic N) is 3. The van der Waals surface area contributed by atoms with Crippen LogP contribution in [0.25, 0.3) is 0 Å². The smallest absolute Gasteiger partial charge is 0.138 e. The molecule has 1 atom stereocenters. The van der Waals surface area contributed by atoms with Crippen LogP contribution < -0.4 is 5.32 Å². The van der Waals surface area contributed by atoms with Crippen LogP contribution in [-0.2, 0) is 13.0 Å². The van der Waals surface area contributed by atoms with E-state index in [1.807, 2.05) is 4.68 Å². The largest absolute Gasteiger partial charge is 0.316 e. The minimum Gasteiger partial charge on any atom is -0.316 e. The predicted molar refractivity (Wildman–Crippen MR) is 89.4 cm³/mol. The van der Waals surface area contributed by atoms with E-state index in [4.69, 9.17) is 0 Å². The zero-order chi connectivity index (χ0) is 15.7. The lowest BCUT2D eigenvalue weighted by Crippen LogP contribution is -2.38. The first-order valence-corrected chi connectivity index (χ1v) is 8.64. The first-order chi connectivity index (χ1) is 10.1. The number of rotatable bonds is 11. The molecule has 0 bridgehead atoms. The number of aryl methyl sites for hydroxylation is 1. The number of aromatic nitrogens is 3. The van der Waals surface area contributed by atoms with Crippen molar-refractivity contribution < 1.29 is 0 Å². The van der Waals surface area contributed by atoms with Gasteiger partial charge in [-0.2, -0.15) is 5.10 Å². The van der Waals surface area contributed by atoms with Crippen LogP contribution in [0.15, 0.2) is 6.33 Å². The van der Waals surface area contributed by atoms with E-state index in [0.29, 0.717) is 11.3 Å². The van der Waals surface area contributed by atoms with Crippen LogP contribution in [0.1, 0.15) is 66.1 Å². The fraction of sp³-hybridized carbons (Fsp3) is 0.882. The molecule has 1 unspecified atom stereocenters. The van der Waals surface area contributed by atoms with E-state index in [2.05, 4.69) is 50.0 Å². The third kappa shape index (κ3) is 5.77. The lowest BCUT2D eigenvalue weighted by atomic mass is 9.76. The Bertz CT molecular complexity index is 386. The second-order valence-corrected chi connectivity index (χ2v) is 6.65. The highest BCUT2D eigenvalue weighted by atomic mass is 15.3. The van der Waals surface area contributed by atoms with E-state index >= 15 is 0 Å². The van der Waals surface area contributed by atoms with Gasteiger partial charge in [-0.1, -0.05) is 40.5 Å². The summed E-state index contributed by atoms with van der Waals surface area (Å²) in [6, 6.07) is 0. The molecule has 1 aromatic heterocycles. The summed E-state index contributed by atoms with van der Waals surface area (Å²) in [7, 11) is 0. The molecule has 1 rings (SSSR count). The van der Waals surface area contributed by atoms with Gasteiger partial charge in [0.05, 0.1) is 0 Å². The van der Waals surface area contributed by atoms with Gasteiger partial charge in [0.15, 0.2) is 0 Å². The van der Waals surface area contributed by atoms with Crippen LogP contribution in [0.5, 0.6) is 0 Å². The third-order valence-electron chi connectivity index (χ3n) is 4.39. The molecule has 0 aromatic carbocycles. The van der Waals surface area contributed by atoms with E-state index in [1.165, 1.54) is 25.7 Å². The Kier molecular flexibility index (Phi) is 7.94. The summed E-state index contributed by atoms with van der Waals surface area (Å²) >= 11 is 0. The number of hydrogen-bond donors (Lipinski definition) is 1. The van der Waals surface area contributed by atoms with Gasteiger partial charge in [-0.05, 0) is 37.6 Å². The Labute approximate surface area is 130 Å². The van der Waals surface area contributed by atoms with Gasteiger partial charge in [0.25, 0.3) is 0 Å². The van der Waals surface area contributed by atoms with Crippen molar-refractivity contribution in [2.45, 2.75) is 73.3 Å². The van der Waals surface area contributed by atoms with Crippen LogP contribution in [0, 0.1) is 11.3 Å². The van der Waals surface area contributed by atoms with Gasteiger partial charge in [0.1, 0.15) is 12.2 Å². The highest BCUT2D eigenvalue weighted by Gasteiger charge is 2.29. The fourth-order valence-corrected chi connectivity index (χ4v) is 2.87. The van der Waals surface area contributed by atoms with Crippen molar-refractivity contribution in [3.8, 4) is 0 Å². The van der Waals surface area contributed by atoms with Crippen molar-refractivity contribution in [1.82, 2.24) is 20.1 Å². The average Bonchev–Trinajstić information content (AvgIpc) is 2.91. The highest BCUT2D eigenvalue weighted by Crippen LogP contribution is 2.32. The maximum Gasteiger partial charge on any atom is 0.138 e. The summed E-state index contributed by atoms with van der Waals surface area (Å²) in [6.07, 6.45) is 7.73. The molecule has 1 aromatic rings. The molecule has 0 saturated carbocycles. The van der Waals surface area contributed by atoms with Crippen LogP contribution in [-0.4, -0.2) is 27.9 Å². The van der Waals surface area contributed by atoms with Gasteiger partial charge in [0, 0.05) is 19.5 Å². The quantitative estimate of drug-likeness (QED) is 0.677. The lowest BCUT2D eigenvalue weighted by molar-refractivity contribution is 0.218. The minimum atomic E-state index is 0.310. The molecular formula is C17H34N4. The molecule has 122 valence electrons. The number of unbranched alkanes of at least 4 members (excludes halogenated alkanes) is 1. The van der Waals surface area contributed by atoms with Crippen LogP contribution >= 0.6 is 0 Å². The molecule has 0 aliphatic carbocycles. The molecule has 0 spiro atoms. The van der Waals surface area contributed by atoms with Crippen molar-refractivity contribution in [3.63, 3.8) is 0 Å². The Morgan fingerprint density at radius 3 is 2.62 bits per heavy atom. The Hall–Kier alpha value is -0.900. The second kappa shape index (κ2) is 9.19. The molecule has 21 heavy (non-hydrogen) atoms. The normalized spacial score (nSPS) is 14.6. The molecule has 0 fully saturated rings. The zero-order valence-corrected chi connectivity index (χ0v) is 14.7. The minimum absolute atomic E-state index is 0.310. The number of nitrogens with one attached hydrogen (secondary N) is 1. The molecule has 0 saturated heterocycles. The second-order valence-electron chi connectivity index (χ2n) is 6.65. The van der Waals surface area contributed by atoms with Crippen molar-refractivity contribution in [1.29, 1.82) is 0 Å². The molecule has 0 aliphatic rings. The SMILES string of the molecule is CCCCC(CC)(CNCC(C)C)Cc1ncnn1CC. The molecule has 0 radical (unpaired) electrons. The fourth-order valence-electron chi connectivity index (χ4n) is 2.87. The Morgan fingerprint density at radius 2 is 2.05 bits per heavy atom. The van der Waals surface area contributed by atoms with Crippen molar-refractivity contribution in [2.24, 2.45) is 11.3 Å². The van der Waals surface area contributed by atoms with Gasteiger partial charge in [-0.3, -0.25) is 4.68 Å². The molecule has 0 amide bonds. The summed E-state index contributed by atoms with van der Waals surface area (Å²) in [5, 5.41) is 8.01.